The van der Waals surface area contributed by atoms with Crippen LogP contribution in [0.4, 0.5) is 11.4 Å². The molecule has 132 valence electrons. The van der Waals surface area contributed by atoms with E-state index in [-0.39, 0.29) is 12.3 Å². The standard InChI is InChI=1S/C19H21ClN2O3/c1-3-13-6-4-5-7-16(13)22-18(23)10-11-21-17-12-14(19(24)25-2)8-9-15(17)20/h4-9,12,21H,3,10-11H2,1-2H3,(H,22,23). The lowest BCUT2D eigenvalue weighted by Crippen LogP contribution is -2.17. The van der Waals surface area contributed by atoms with Crippen molar-refractivity contribution in [2.75, 3.05) is 24.3 Å². The Morgan fingerprint density at radius 3 is 2.60 bits per heavy atom. The monoisotopic (exact) mass is 360 g/mol. The maximum absolute atomic E-state index is 12.1. The molecule has 2 rings (SSSR count). The zero-order valence-corrected chi connectivity index (χ0v) is 15.0. The van der Waals surface area contributed by atoms with Gasteiger partial charge in [-0.25, -0.2) is 4.79 Å². The second-order valence-electron chi connectivity index (χ2n) is 5.42. The van der Waals surface area contributed by atoms with Crippen LogP contribution in [0.15, 0.2) is 42.5 Å². The number of anilines is 2. The summed E-state index contributed by atoms with van der Waals surface area (Å²) in [6, 6.07) is 12.5. The third kappa shape index (κ3) is 5.22. The van der Waals surface area contributed by atoms with Crippen LogP contribution in [0, 0.1) is 0 Å². The lowest BCUT2D eigenvalue weighted by atomic mass is 10.1. The third-order valence-electron chi connectivity index (χ3n) is 3.73. The predicted molar refractivity (Wildman–Crippen MR) is 100 cm³/mol. The molecule has 0 aliphatic carbocycles. The van der Waals surface area contributed by atoms with Gasteiger partial charge in [0.05, 0.1) is 23.4 Å². The number of nitrogens with one attached hydrogen (secondary N) is 2. The Labute approximate surface area is 152 Å². The van der Waals surface area contributed by atoms with Gasteiger partial charge in [0.1, 0.15) is 0 Å². The van der Waals surface area contributed by atoms with E-state index >= 15 is 0 Å². The Balaban J connectivity index is 1.92. The van der Waals surface area contributed by atoms with E-state index in [0.717, 1.165) is 17.7 Å². The van der Waals surface area contributed by atoms with E-state index in [1.165, 1.54) is 7.11 Å². The van der Waals surface area contributed by atoms with Crippen molar-refractivity contribution in [1.82, 2.24) is 0 Å². The van der Waals surface area contributed by atoms with E-state index in [1.807, 2.05) is 31.2 Å². The normalized spacial score (nSPS) is 10.2. The summed E-state index contributed by atoms with van der Waals surface area (Å²) in [6.45, 7) is 2.44. The molecule has 1 amide bonds. The van der Waals surface area contributed by atoms with Crippen LogP contribution in [0.5, 0.6) is 0 Å². The zero-order chi connectivity index (χ0) is 18.2. The number of ether oxygens (including phenoxy) is 1. The summed E-state index contributed by atoms with van der Waals surface area (Å²) in [4.78, 5) is 23.7. The molecule has 0 radical (unpaired) electrons. The minimum atomic E-state index is -0.436. The molecule has 0 unspecified atom stereocenters. The zero-order valence-electron chi connectivity index (χ0n) is 14.3. The molecular formula is C19H21ClN2O3. The molecule has 0 heterocycles. The molecule has 0 atom stereocenters. The van der Waals surface area contributed by atoms with Crippen LogP contribution in [0.1, 0.15) is 29.3 Å². The first-order valence-electron chi connectivity index (χ1n) is 8.04. The summed E-state index contributed by atoms with van der Waals surface area (Å²) in [5.74, 6) is -0.526. The van der Waals surface area contributed by atoms with Crippen LogP contribution in [0.3, 0.4) is 0 Å². The fourth-order valence-electron chi connectivity index (χ4n) is 2.38. The van der Waals surface area contributed by atoms with Gasteiger partial charge in [-0.1, -0.05) is 36.7 Å². The van der Waals surface area contributed by atoms with Crippen LogP contribution in [0.25, 0.3) is 0 Å². The van der Waals surface area contributed by atoms with E-state index in [4.69, 9.17) is 11.6 Å². The minimum Gasteiger partial charge on any atom is -0.465 e. The molecule has 0 saturated heterocycles. The second kappa shape index (κ2) is 9.08. The highest BCUT2D eigenvalue weighted by Crippen LogP contribution is 2.23. The van der Waals surface area contributed by atoms with Gasteiger partial charge < -0.3 is 15.4 Å². The molecule has 0 fully saturated rings. The topological polar surface area (TPSA) is 67.4 Å². The first kappa shape index (κ1) is 18.8. The van der Waals surface area contributed by atoms with Crippen LogP contribution in [-0.4, -0.2) is 25.5 Å². The highest BCUT2D eigenvalue weighted by molar-refractivity contribution is 6.33. The van der Waals surface area contributed by atoms with Crippen LogP contribution in [-0.2, 0) is 16.0 Å². The number of hydrogen-bond acceptors (Lipinski definition) is 4. The highest BCUT2D eigenvalue weighted by atomic mass is 35.5. The van der Waals surface area contributed by atoms with Gasteiger partial charge in [0.15, 0.2) is 0 Å². The average molecular weight is 361 g/mol. The molecule has 0 aliphatic heterocycles. The van der Waals surface area contributed by atoms with Crippen molar-refractivity contribution in [2.24, 2.45) is 0 Å². The van der Waals surface area contributed by atoms with E-state index in [9.17, 15) is 9.59 Å². The summed E-state index contributed by atoms with van der Waals surface area (Å²) in [5.41, 5.74) is 2.92. The summed E-state index contributed by atoms with van der Waals surface area (Å²) >= 11 is 6.11. The predicted octanol–water partition coefficient (Wildman–Crippen LogP) is 4.13. The number of para-hydroxylation sites is 1. The van der Waals surface area contributed by atoms with Crippen molar-refractivity contribution >= 4 is 34.9 Å². The molecule has 2 aromatic rings. The number of rotatable bonds is 7. The minimum absolute atomic E-state index is 0.0892. The van der Waals surface area contributed by atoms with Gasteiger partial charge in [-0.15, -0.1) is 0 Å². The van der Waals surface area contributed by atoms with Crippen LogP contribution < -0.4 is 10.6 Å². The number of methoxy groups -OCH3 is 1. The van der Waals surface area contributed by atoms with E-state index in [1.54, 1.807) is 18.2 Å². The van der Waals surface area contributed by atoms with Gasteiger partial charge >= 0.3 is 5.97 Å². The Morgan fingerprint density at radius 1 is 1.12 bits per heavy atom. The molecule has 2 aromatic carbocycles. The number of esters is 1. The van der Waals surface area contributed by atoms with Gasteiger partial charge in [-0.05, 0) is 36.2 Å². The van der Waals surface area contributed by atoms with Crippen LogP contribution in [0.2, 0.25) is 5.02 Å². The second-order valence-corrected chi connectivity index (χ2v) is 5.83. The van der Waals surface area contributed by atoms with Gasteiger partial charge in [0.2, 0.25) is 5.91 Å². The smallest absolute Gasteiger partial charge is 0.337 e. The van der Waals surface area contributed by atoms with Gasteiger partial charge in [-0.3, -0.25) is 4.79 Å². The van der Waals surface area contributed by atoms with Crippen molar-refractivity contribution in [3.63, 3.8) is 0 Å². The number of hydrogen-bond donors (Lipinski definition) is 2. The summed E-state index contributed by atoms with van der Waals surface area (Å²) in [5, 5.41) is 6.47. The van der Waals surface area contributed by atoms with E-state index in [2.05, 4.69) is 15.4 Å². The van der Waals surface area contributed by atoms with E-state index < -0.39 is 5.97 Å². The lowest BCUT2D eigenvalue weighted by molar-refractivity contribution is -0.115. The van der Waals surface area contributed by atoms with Crippen LogP contribution >= 0.6 is 11.6 Å². The molecule has 2 N–H and O–H groups in total. The molecule has 0 saturated carbocycles. The Bertz CT molecular complexity index is 762. The largest absolute Gasteiger partial charge is 0.465 e. The summed E-state index contributed by atoms with van der Waals surface area (Å²) in [7, 11) is 1.32. The molecule has 0 aliphatic rings. The third-order valence-corrected chi connectivity index (χ3v) is 4.06. The maximum atomic E-state index is 12.1. The van der Waals surface area contributed by atoms with Crippen molar-refractivity contribution in [3.8, 4) is 0 Å². The van der Waals surface area contributed by atoms with Gasteiger partial charge in [-0.2, -0.15) is 0 Å². The van der Waals surface area contributed by atoms with Gasteiger partial charge in [0.25, 0.3) is 0 Å². The Morgan fingerprint density at radius 2 is 1.88 bits per heavy atom. The number of amides is 1. The SMILES string of the molecule is CCc1ccccc1NC(=O)CCNc1cc(C(=O)OC)ccc1Cl. The molecule has 5 nitrogen and oxygen atoms in total. The van der Waals surface area contributed by atoms with Gasteiger partial charge in [0, 0.05) is 18.7 Å². The maximum Gasteiger partial charge on any atom is 0.337 e. The molecular weight excluding hydrogens is 340 g/mol. The fraction of sp³-hybridized carbons (Fsp3) is 0.263. The molecule has 25 heavy (non-hydrogen) atoms. The number of halogens is 1. The lowest BCUT2D eigenvalue weighted by Gasteiger charge is -2.12. The number of aryl methyl sites for hydroxylation is 1. The highest BCUT2D eigenvalue weighted by Gasteiger charge is 2.10. The Kier molecular flexibility index (Phi) is 6.83. The first-order chi connectivity index (χ1) is 12.0. The average Bonchev–Trinajstić information content (AvgIpc) is 2.63. The summed E-state index contributed by atoms with van der Waals surface area (Å²) in [6.07, 6.45) is 1.13. The Hall–Kier alpha value is -2.53. The first-order valence-corrected chi connectivity index (χ1v) is 8.42. The quantitative estimate of drug-likeness (QED) is 0.728. The number of benzene rings is 2. The molecule has 0 aromatic heterocycles. The van der Waals surface area contributed by atoms with Crippen molar-refractivity contribution < 1.29 is 14.3 Å². The fourth-order valence-corrected chi connectivity index (χ4v) is 2.56. The summed E-state index contributed by atoms with van der Waals surface area (Å²) < 4.78 is 4.69. The van der Waals surface area contributed by atoms with Crippen molar-refractivity contribution in [1.29, 1.82) is 0 Å². The molecule has 0 bridgehead atoms. The number of carbonyl (C=O) groups excluding carboxylic acids is 2. The number of carbonyl (C=O) groups is 2. The van der Waals surface area contributed by atoms with E-state index in [0.29, 0.717) is 22.8 Å². The van der Waals surface area contributed by atoms with Crippen molar-refractivity contribution in [2.45, 2.75) is 19.8 Å². The molecule has 6 heteroatoms. The van der Waals surface area contributed by atoms with Crippen molar-refractivity contribution in [3.05, 3.63) is 58.6 Å². The molecule has 0 spiro atoms.